The van der Waals surface area contributed by atoms with Crippen LogP contribution in [0.3, 0.4) is 0 Å². The van der Waals surface area contributed by atoms with Gasteiger partial charge in [-0.05, 0) is 29.9 Å². The molecule has 86 valence electrons. The Morgan fingerprint density at radius 2 is 2.12 bits per heavy atom. The van der Waals surface area contributed by atoms with Crippen molar-refractivity contribution in [1.82, 2.24) is 4.90 Å². The molecule has 0 aliphatic carbocycles. The highest BCUT2D eigenvalue weighted by Gasteiger charge is 2.38. The third-order valence-electron chi connectivity index (χ3n) is 4.31. The molecule has 0 N–H and O–H groups in total. The van der Waals surface area contributed by atoms with Crippen LogP contribution in [-0.2, 0) is 11.8 Å². The number of nitrogens with zero attached hydrogens (tertiary/aromatic N) is 1. The summed E-state index contributed by atoms with van der Waals surface area (Å²) in [6.45, 7) is 8.66. The van der Waals surface area contributed by atoms with Crippen molar-refractivity contribution in [3.05, 3.63) is 35.4 Å². The molecule has 1 fully saturated rings. The van der Waals surface area contributed by atoms with Crippen LogP contribution in [0.15, 0.2) is 24.3 Å². The lowest BCUT2D eigenvalue weighted by atomic mass is 9.72. The molecule has 0 radical (unpaired) electrons. The summed E-state index contributed by atoms with van der Waals surface area (Å²) in [4.78, 5) is 2.66. The number of hydrogen-bond donors (Lipinski definition) is 0. The van der Waals surface area contributed by atoms with Gasteiger partial charge in [0.05, 0.1) is 0 Å². The molecule has 1 heteroatoms. The highest BCUT2D eigenvalue weighted by Crippen LogP contribution is 2.39. The van der Waals surface area contributed by atoms with Gasteiger partial charge in [-0.3, -0.25) is 0 Å². The summed E-state index contributed by atoms with van der Waals surface area (Å²) >= 11 is 0. The predicted octanol–water partition coefficient (Wildman–Crippen LogP) is 2.84. The minimum atomic E-state index is 0.394. The Labute approximate surface area is 98.5 Å². The van der Waals surface area contributed by atoms with Crippen LogP contribution in [-0.4, -0.2) is 24.5 Å². The van der Waals surface area contributed by atoms with Gasteiger partial charge in [-0.15, -0.1) is 0 Å². The van der Waals surface area contributed by atoms with Gasteiger partial charge >= 0.3 is 0 Å². The Morgan fingerprint density at radius 1 is 1.31 bits per heavy atom. The van der Waals surface area contributed by atoms with E-state index in [4.69, 9.17) is 0 Å². The number of hydrogen-bond acceptors (Lipinski definition) is 1. The fourth-order valence-corrected chi connectivity index (χ4v) is 3.87. The van der Waals surface area contributed by atoms with Gasteiger partial charge in [0.1, 0.15) is 0 Å². The average Bonchev–Trinajstić information content (AvgIpc) is 2.34. The van der Waals surface area contributed by atoms with Crippen LogP contribution in [0.25, 0.3) is 0 Å². The minimum Gasteiger partial charge on any atom is -0.302 e. The van der Waals surface area contributed by atoms with Gasteiger partial charge in [0.15, 0.2) is 0 Å². The van der Waals surface area contributed by atoms with E-state index in [0.717, 1.165) is 5.92 Å². The molecule has 1 aromatic carbocycles. The summed E-state index contributed by atoms with van der Waals surface area (Å²) in [6.07, 6.45) is 2.58. The van der Waals surface area contributed by atoms with Crippen LogP contribution in [0.2, 0.25) is 0 Å². The van der Waals surface area contributed by atoms with Crippen LogP contribution in [0.4, 0.5) is 0 Å². The molecule has 0 aromatic heterocycles. The zero-order valence-electron chi connectivity index (χ0n) is 10.4. The molecule has 3 rings (SSSR count). The first-order valence-electron chi connectivity index (χ1n) is 6.48. The Bertz CT molecular complexity index is 398. The Hall–Kier alpha value is -0.820. The van der Waals surface area contributed by atoms with Crippen molar-refractivity contribution in [3.8, 4) is 0 Å². The number of fused-ring (bicyclic) bond motifs is 4. The lowest BCUT2D eigenvalue weighted by Gasteiger charge is -2.42. The highest BCUT2D eigenvalue weighted by molar-refractivity contribution is 5.36. The second-order valence-electron chi connectivity index (χ2n) is 6.01. The molecule has 1 aromatic rings. The molecule has 0 saturated carbocycles. The average molecular weight is 215 g/mol. The van der Waals surface area contributed by atoms with Gasteiger partial charge in [-0.2, -0.15) is 0 Å². The predicted molar refractivity (Wildman–Crippen MR) is 67.7 cm³/mol. The van der Waals surface area contributed by atoms with Gasteiger partial charge in [0.2, 0.25) is 0 Å². The van der Waals surface area contributed by atoms with Crippen molar-refractivity contribution in [3.63, 3.8) is 0 Å². The smallest absolute Gasteiger partial charge is 0.00764 e. The SMILES string of the molecule is C[C@H]1CN2CCc3ccccc3C(C)(C1)C2. The zero-order valence-corrected chi connectivity index (χ0v) is 10.4. The summed E-state index contributed by atoms with van der Waals surface area (Å²) in [5.41, 5.74) is 3.59. The third kappa shape index (κ3) is 1.58. The molecular formula is C15H21N. The highest BCUT2D eigenvalue weighted by atomic mass is 15.1. The van der Waals surface area contributed by atoms with E-state index in [9.17, 15) is 0 Å². The second kappa shape index (κ2) is 3.59. The van der Waals surface area contributed by atoms with Crippen molar-refractivity contribution in [2.75, 3.05) is 19.6 Å². The maximum absolute atomic E-state index is 2.66. The second-order valence-corrected chi connectivity index (χ2v) is 6.01. The monoisotopic (exact) mass is 215 g/mol. The van der Waals surface area contributed by atoms with E-state index in [1.54, 1.807) is 11.1 Å². The maximum Gasteiger partial charge on any atom is 0.00764 e. The summed E-state index contributed by atoms with van der Waals surface area (Å²) in [5.74, 6) is 0.838. The molecule has 2 aliphatic rings. The molecule has 1 nitrogen and oxygen atoms in total. The summed E-state index contributed by atoms with van der Waals surface area (Å²) in [5, 5.41) is 0. The number of rotatable bonds is 0. The largest absolute Gasteiger partial charge is 0.302 e. The lowest BCUT2D eigenvalue weighted by Crippen LogP contribution is -2.46. The molecular weight excluding hydrogens is 194 g/mol. The van der Waals surface area contributed by atoms with Gasteiger partial charge in [-0.1, -0.05) is 38.1 Å². The number of benzene rings is 1. The minimum absolute atomic E-state index is 0.394. The van der Waals surface area contributed by atoms with Gasteiger partial charge in [0.25, 0.3) is 0 Å². The van der Waals surface area contributed by atoms with E-state index in [1.807, 2.05) is 0 Å². The molecule has 3 atom stereocenters. The first-order valence-corrected chi connectivity index (χ1v) is 6.48. The molecule has 0 amide bonds. The normalized spacial score (nSPS) is 37.6. The van der Waals surface area contributed by atoms with Crippen molar-refractivity contribution in [2.45, 2.75) is 32.1 Å². The molecule has 2 bridgehead atoms. The van der Waals surface area contributed by atoms with Crippen molar-refractivity contribution < 1.29 is 0 Å². The lowest BCUT2D eigenvalue weighted by molar-refractivity contribution is 0.125. The van der Waals surface area contributed by atoms with E-state index in [0.29, 0.717) is 5.41 Å². The van der Waals surface area contributed by atoms with Crippen LogP contribution in [0.1, 0.15) is 31.4 Å². The molecule has 2 heterocycles. The quantitative estimate of drug-likeness (QED) is 0.643. The molecule has 2 unspecified atom stereocenters. The van der Waals surface area contributed by atoms with Crippen LogP contribution >= 0.6 is 0 Å². The summed E-state index contributed by atoms with van der Waals surface area (Å²) in [7, 11) is 0. The Kier molecular flexibility index (Phi) is 2.32. The van der Waals surface area contributed by atoms with Gasteiger partial charge in [0, 0.05) is 25.0 Å². The van der Waals surface area contributed by atoms with Gasteiger partial charge < -0.3 is 4.90 Å². The van der Waals surface area contributed by atoms with Crippen LogP contribution in [0, 0.1) is 5.92 Å². The topological polar surface area (TPSA) is 3.24 Å². The van der Waals surface area contributed by atoms with Crippen LogP contribution < -0.4 is 0 Å². The fourth-order valence-electron chi connectivity index (χ4n) is 3.87. The molecule has 16 heavy (non-hydrogen) atoms. The number of piperidine rings is 1. The third-order valence-corrected chi connectivity index (χ3v) is 4.31. The maximum atomic E-state index is 2.66. The van der Waals surface area contributed by atoms with E-state index >= 15 is 0 Å². The Balaban J connectivity index is 2.08. The molecule has 0 spiro atoms. The van der Waals surface area contributed by atoms with Crippen molar-refractivity contribution >= 4 is 0 Å². The summed E-state index contributed by atoms with van der Waals surface area (Å²) in [6, 6.07) is 9.08. The fraction of sp³-hybridized carbons (Fsp3) is 0.600. The van der Waals surface area contributed by atoms with Crippen molar-refractivity contribution in [1.29, 1.82) is 0 Å². The van der Waals surface area contributed by atoms with Crippen LogP contribution in [0.5, 0.6) is 0 Å². The first-order chi connectivity index (χ1) is 7.67. The Morgan fingerprint density at radius 3 is 3.00 bits per heavy atom. The first kappa shape index (κ1) is 10.3. The van der Waals surface area contributed by atoms with E-state index < -0.39 is 0 Å². The zero-order chi connectivity index (χ0) is 11.2. The summed E-state index contributed by atoms with van der Waals surface area (Å²) < 4.78 is 0. The van der Waals surface area contributed by atoms with Crippen molar-refractivity contribution in [2.24, 2.45) is 5.92 Å². The van der Waals surface area contributed by atoms with E-state index in [2.05, 4.69) is 43.0 Å². The molecule has 1 saturated heterocycles. The van der Waals surface area contributed by atoms with Gasteiger partial charge in [-0.25, -0.2) is 0 Å². The molecule has 2 aliphatic heterocycles. The van der Waals surface area contributed by atoms with E-state index in [1.165, 1.54) is 32.5 Å². The van der Waals surface area contributed by atoms with E-state index in [-0.39, 0.29) is 0 Å². The standard InChI is InChI=1S/C15H21N/c1-12-9-15(2)11-16(10-12)8-7-13-5-3-4-6-14(13)15/h3-6,12H,7-11H2,1-2H3/t12-,15?/m1/s1.